The lowest BCUT2D eigenvalue weighted by atomic mass is 10.1. The Morgan fingerprint density at radius 2 is 1.92 bits per heavy atom. The standard InChI is InChI=1S/C20H19ClN2O2/c1-13(2)25-18-8-5-15(6-9-18)10-16(12-22)20(24)23-17-7-4-14(3)19(21)11-17/h4-11,13H,1-3H3,(H,23,24)/b16-10+. The third-order valence-corrected chi connectivity index (χ3v) is 3.76. The van der Waals surface area contributed by atoms with Gasteiger partial charge < -0.3 is 10.1 Å². The van der Waals surface area contributed by atoms with E-state index in [9.17, 15) is 10.1 Å². The largest absolute Gasteiger partial charge is 0.491 e. The van der Waals surface area contributed by atoms with E-state index in [0.29, 0.717) is 10.7 Å². The molecular weight excluding hydrogens is 336 g/mol. The molecule has 25 heavy (non-hydrogen) atoms. The molecular formula is C20H19ClN2O2. The maximum atomic E-state index is 12.3. The summed E-state index contributed by atoms with van der Waals surface area (Å²) in [4.78, 5) is 12.3. The second-order valence-corrected chi connectivity index (χ2v) is 6.23. The van der Waals surface area contributed by atoms with Gasteiger partial charge in [0, 0.05) is 10.7 Å². The van der Waals surface area contributed by atoms with E-state index in [1.54, 1.807) is 42.5 Å². The summed E-state index contributed by atoms with van der Waals surface area (Å²) in [6.07, 6.45) is 1.62. The van der Waals surface area contributed by atoms with Gasteiger partial charge in [-0.1, -0.05) is 29.8 Å². The number of rotatable bonds is 5. The molecule has 4 nitrogen and oxygen atoms in total. The maximum absolute atomic E-state index is 12.3. The Hall–Kier alpha value is -2.77. The molecule has 128 valence electrons. The first kappa shape index (κ1) is 18.6. The minimum absolute atomic E-state index is 0.00854. The van der Waals surface area contributed by atoms with Gasteiger partial charge in [0.2, 0.25) is 0 Å². The molecule has 0 spiro atoms. The zero-order valence-electron chi connectivity index (χ0n) is 14.3. The first-order chi connectivity index (χ1) is 11.9. The van der Waals surface area contributed by atoms with Gasteiger partial charge in [-0.3, -0.25) is 4.79 Å². The molecule has 1 amide bonds. The monoisotopic (exact) mass is 354 g/mol. The summed E-state index contributed by atoms with van der Waals surface area (Å²) in [5.74, 6) is 0.259. The van der Waals surface area contributed by atoms with Crippen LogP contribution in [0.5, 0.6) is 5.75 Å². The van der Waals surface area contributed by atoms with Crippen molar-refractivity contribution >= 4 is 29.3 Å². The molecule has 0 atom stereocenters. The summed E-state index contributed by atoms with van der Waals surface area (Å²) in [6, 6.07) is 14.3. The molecule has 1 N–H and O–H groups in total. The summed E-state index contributed by atoms with van der Waals surface area (Å²) in [7, 11) is 0. The number of halogens is 1. The number of nitriles is 1. The summed E-state index contributed by atoms with van der Waals surface area (Å²) >= 11 is 6.05. The van der Waals surface area contributed by atoms with E-state index in [1.807, 2.05) is 26.8 Å². The van der Waals surface area contributed by atoms with E-state index in [4.69, 9.17) is 16.3 Å². The number of amides is 1. The molecule has 0 unspecified atom stereocenters. The van der Waals surface area contributed by atoms with Gasteiger partial charge in [-0.15, -0.1) is 0 Å². The van der Waals surface area contributed by atoms with E-state index >= 15 is 0 Å². The fourth-order valence-electron chi connectivity index (χ4n) is 2.10. The summed E-state index contributed by atoms with van der Waals surface area (Å²) in [5.41, 5.74) is 2.21. The number of ether oxygens (including phenoxy) is 1. The summed E-state index contributed by atoms with van der Waals surface area (Å²) in [6.45, 7) is 5.77. The number of nitrogens with zero attached hydrogens (tertiary/aromatic N) is 1. The van der Waals surface area contributed by atoms with Gasteiger partial charge in [0.05, 0.1) is 6.10 Å². The zero-order valence-corrected chi connectivity index (χ0v) is 15.1. The highest BCUT2D eigenvalue weighted by Crippen LogP contribution is 2.21. The van der Waals surface area contributed by atoms with Crippen molar-refractivity contribution in [2.24, 2.45) is 0 Å². The van der Waals surface area contributed by atoms with E-state index in [1.165, 1.54) is 6.08 Å². The normalized spacial score (nSPS) is 11.1. The Labute approximate surface area is 152 Å². The number of hydrogen-bond acceptors (Lipinski definition) is 3. The van der Waals surface area contributed by atoms with Gasteiger partial charge in [0.25, 0.3) is 5.91 Å². The molecule has 0 aliphatic rings. The minimum atomic E-state index is -0.482. The molecule has 0 aliphatic heterocycles. The summed E-state index contributed by atoms with van der Waals surface area (Å²) in [5, 5.41) is 12.5. The van der Waals surface area contributed by atoms with Crippen molar-refractivity contribution in [1.29, 1.82) is 5.26 Å². The maximum Gasteiger partial charge on any atom is 0.266 e. The van der Waals surface area contributed by atoms with Crippen LogP contribution in [-0.4, -0.2) is 12.0 Å². The topological polar surface area (TPSA) is 62.1 Å². The molecule has 0 saturated carbocycles. The Kier molecular flexibility index (Phi) is 6.21. The molecule has 2 rings (SSSR count). The van der Waals surface area contributed by atoms with Crippen molar-refractivity contribution in [3.63, 3.8) is 0 Å². The van der Waals surface area contributed by atoms with Crippen molar-refractivity contribution in [3.05, 3.63) is 64.2 Å². The number of nitrogens with one attached hydrogen (secondary N) is 1. The van der Waals surface area contributed by atoms with Crippen LogP contribution in [0.25, 0.3) is 6.08 Å². The van der Waals surface area contributed by atoms with Crippen LogP contribution < -0.4 is 10.1 Å². The van der Waals surface area contributed by atoms with Crippen LogP contribution >= 0.6 is 11.6 Å². The highest BCUT2D eigenvalue weighted by molar-refractivity contribution is 6.31. The number of benzene rings is 2. The molecule has 0 fully saturated rings. The molecule has 0 aromatic heterocycles. The quantitative estimate of drug-likeness (QED) is 0.608. The van der Waals surface area contributed by atoms with E-state index in [2.05, 4.69) is 5.32 Å². The van der Waals surface area contributed by atoms with Gasteiger partial charge in [0.15, 0.2) is 0 Å². The lowest BCUT2D eigenvalue weighted by Crippen LogP contribution is -2.13. The molecule has 0 bridgehead atoms. The fourth-order valence-corrected chi connectivity index (χ4v) is 2.28. The number of hydrogen-bond donors (Lipinski definition) is 1. The van der Waals surface area contributed by atoms with Crippen LogP contribution in [-0.2, 0) is 4.79 Å². The number of anilines is 1. The second-order valence-electron chi connectivity index (χ2n) is 5.82. The Bertz CT molecular complexity index is 834. The third kappa shape index (κ3) is 5.37. The Morgan fingerprint density at radius 1 is 1.24 bits per heavy atom. The molecule has 5 heteroatoms. The van der Waals surface area contributed by atoms with Gasteiger partial charge >= 0.3 is 0 Å². The second kappa shape index (κ2) is 8.36. The van der Waals surface area contributed by atoms with Crippen LogP contribution in [0.4, 0.5) is 5.69 Å². The van der Waals surface area contributed by atoms with Gasteiger partial charge in [-0.05, 0) is 62.2 Å². The van der Waals surface area contributed by atoms with Crippen molar-refractivity contribution in [2.75, 3.05) is 5.32 Å². The van der Waals surface area contributed by atoms with Crippen molar-refractivity contribution in [2.45, 2.75) is 26.9 Å². The lowest BCUT2D eigenvalue weighted by molar-refractivity contribution is -0.112. The van der Waals surface area contributed by atoms with Crippen LogP contribution in [0.2, 0.25) is 5.02 Å². The van der Waals surface area contributed by atoms with Crippen molar-refractivity contribution < 1.29 is 9.53 Å². The van der Waals surface area contributed by atoms with Gasteiger partial charge in [-0.25, -0.2) is 0 Å². The lowest BCUT2D eigenvalue weighted by Gasteiger charge is -2.09. The smallest absolute Gasteiger partial charge is 0.266 e. The van der Waals surface area contributed by atoms with Gasteiger partial charge in [-0.2, -0.15) is 5.26 Å². The van der Waals surface area contributed by atoms with E-state index < -0.39 is 5.91 Å². The molecule has 0 radical (unpaired) electrons. The number of aryl methyl sites for hydroxylation is 1. The zero-order chi connectivity index (χ0) is 18.4. The van der Waals surface area contributed by atoms with Crippen LogP contribution in [0, 0.1) is 18.3 Å². The molecule has 0 aliphatic carbocycles. The first-order valence-electron chi connectivity index (χ1n) is 7.85. The highest BCUT2D eigenvalue weighted by atomic mass is 35.5. The average Bonchev–Trinajstić information content (AvgIpc) is 2.57. The van der Waals surface area contributed by atoms with E-state index in [0.717, 1.165) is 16.9 Å². The predicted octanol–water partition coefficient (Wildman–Crippen LogP) is 4.98. The number of carbonyl (C=O) groups excluding carboxylic acids is 1. The van der Waals surface area contributed by atoms with Crippen LogP contribution in [0.1, 0.15) is 25.0 Å². The Balaban J connectivity index is 2.14. The van der Waals surface area contributed by atoms with Crippen LogP contribution in [0.15, 0.2) is 48.0 Å². The van der Waals surface area contributed by atoms with Crippen molar-refractivity contribution in [3.8, 4) is 11.8 Å². The SMILES string of the molecule is Cc1ccc(NC(=O)/C(C#N)=C/c2ccc(OC(C)C)cc2)cc1Cl. The number of carbonyl (C=O) groups is 1. The first-order valence-corrected chi connectivity index (χ1v) is 8.23. The highest BCUT2D eigenvalue weighted by Gasteiger charge is 2.10. The fraction of sp³-hybridized carbons (Fsp3) is 0.200. The van der Waals surface area contributed by atoms with Crippen molar-refractivity contribution in [1.82, 2.24) is 0 Å². The molecule has 2 aromatic rings. The molecule has 0 saturated heterocycles. The van der Waals surface area contributed by atoms with E-state index in [-0.39, 0.29) is 11.7 Å². The van der Waals surface area contributed by atoms with Crippen LogP contribution in [0.3, 0.4) is 0 Å². The average molecular weight is 355 g/mol. The minimum Gasteiger partial charge on any atom is -0.491 e. The predicted molar refractivity (Wildman–Crippen MR) is 101 cm³/mol. The Morgan fingerprint density at radius 3 is 2.48 bits per heavy atom. The molecule has 2 aromatic carbocycles. The van der Waals surface area contributed by atoms with Gasteiger partial charge in [0.1, 0.15) is 17.4 Å². The summed E-state index contributed by atoms with van der Waals surface area (Å²) < 4.78 is 5.57. The molecule has 0 heterocycles. The third-order valence-electron chi connectivity index (χ3n) is 3.36.